The molecule has 0 spiro atoms. The summed E-state index contributed by atoms with van der Waals surface area (Å²) in [6.07, 6.45) is -12.1. The number of rotatable bonds is 4. The Morgan fingerprint density at radius 3 is 2.11 bits per heavy atom. The molecule has 4 nitrogen and oxygen atoms in total. The van der Waals surface area contributed by atoms with Crippen molar-refractivity contribution in [3.05, 3.63) is 57.2 Å². The number of nitrogens with one attached hydrogen (secondary N) is 1. The van der Waals surface area contributed by atoms with Crippen LogP contribution < -0.4 is 10.1 Å². The average molecular weight is 519 g/mol. The van der Waals surface area contributed by atoms with Crippen LogP contribution in [-0.4, -0.2) is 30.5 Å². The highest BCUT2D eigenvalue weighted by molar-refractivity contribution is 14.1. The summed E-state index contributed by atoms with van der Waals surface area (Å²) < 4.78 is 83.5. The molecule has 0 aliphatic carbocycles. The summed E-state index contributed by atoms with van der Waals surface area (Å²) in [6.45, 7) is 0. The fraction of sp³-hybridized carbons (Fsp3) is 0.235. The number of methoxy groups -OCH3 is 1. The van der Waals surface area contributed by atoms with Crippen LogP contribution in [0.2, 0.25) is 0 Å². The first kappa shape index (κ1) is 22.3. The summed E-state index contributed by atoms with van der Waals surface area (Å²) in [4.78, 5) is 12.3. The monoisotopic (exact) mass is 519 g/mol. The zero-order chi connectivity index (χ0) is 21.3. The van der Waals surface area contributed by atoms with Gasteiger partial charge in [-0.15, -0.1) is 0 Å². The van der Waals surface area contributed by atoms with Gasteiger partial charge < -0.3 is 15.2 Å². The molecule has 0 bridgehead atoms. The molecule has 0 unspecified atom stereocenters. The lowest BCUT2D eigenvalue weighted by Gasteiger charge is -2.33. The second-order valence-electron chi connectivity index (χ2n) is 5.55. The van der Waals surface area contributed by atoms with Gasteiger partial charge in [-0.05, 0) is 46.9 Å². The second kappa shape index (κ2) is 7.78. The Morgan fingerprint density at radius 2 is 1.61 bits per heavy atom. The van der Waals surface area contributed by atoms with E-state index < -0.39 is 35.2 Å². The van der Waals surface area contributed by atoms with Crippen molar-refractivity contribution in [3.8, 4) is 5.75 Å². The third-order valence-corrected chi connectivity index (χ3v) is 4.75. The van der Waals surface area contributed by atoms with E-state index in [0.717, 1.165) is 13.2 Å². The molecular formula is C17H12F6INO3. The van der Waals surface area contributed by atoms with E-state index in [9.17, 15) is 36.2 Å². The zero-order valence-electron chi connectivity index (χ0n) is 14.0. The Morgan fingerprint density at radius 1 is 1.04 bits per heavy atom. The molecule has 0 aromatic heterocycles. The molecule has 2 aromatic rings. The highest BCUT2D eigenvalue weighted by Crippen LogP contribution is 2.51. The molecule has 0 aliphatic rings. The number of carbonyl (C=O) groups excluding carboxylic acids is 1. The summed E-state index contributed by atoms with van der Waals surface area (Å²) in [6, 6.07) is 8.01. The number of benzene rings is 2. The van der Waals surface area contributed by atoms with Gasteiger partial charge in [0.2, 0.25) is 0 Å². The Balaban J connectivity index is 2.47. The van der Waals surface area contributed by atoms with E-state index in [4.69, 9.17) is 4.74 Å². The number of anilines is 1. The fourth-order valence-corrected chi connectivity index (χ4v) is 2.97. The molecule has 0 radical (unpaired) electrons. The van der Waals surface area contributed by atoms with Gasteiger partial charge in [0.1, 0.15) is 5.75 Å². The molecule has 2 rings (SSSR count). The number of amides is 1. The number of hydrogen-bond donors (Lipinski definition) is 2. The summed E-state index contributed by atoms with van der Waals surface area (Å²) in [5, 5.41) is 11.8. The van der Waals surface area contributed by atoms with Crippen molar-refractivity contribution in [1.82, 2.24) is 0 Å². The minimum atomic E-state index is -6.03. The first-order valence-corrected chi connectivity index (χ1v) is 8.51. The molecular weight excluding hydrogens is 507 g/mol. The topological polar surface area (TPSA) is 58.6 Å². The number of alkyl halides is 6. The maximum Gasteiger partial charge on any atom is 0.430 e. The van der Waals surface area contributed by atoms with Crippen LogP contribution in [0.25, 0.3) is 0 Å². The van der Waals surface area contributed by atoms with Crippen LogP contribution in [0.5, 0.6) is 5.75 Å². The van der Waals surface area contributed by atoms with Gasteiger partial charge in [0.25, 0.3) is 11.5 Å². The van der Waals surface area contributed by atoms with Crippen LogP contribution in [0.3, 0.4) is 0 Å². The van der Waals surface area contributed by atoms with Crippen LogP contribution in [0.4, 0.5) is 32.0 Å². The average Bonchev–Trinajstić information content (AvgIpc) is 2.59. The quantitative estimate of drug-likeness (QED) is 0.448. The number of carbonyl (C=O) groups is 1. The van der Waals surface area contributed by atoms with Crippen LogP contribution in [0.1, 0.15) is 15.9 Å². The van der Waals surface area contributed by atoms with Crippen molar-refractivity contribution < 1.29 is 41.0 Å². The van der Waals surface area contributed by atoms with Crippen LogP contribution in [0, 0.1) is 3.57 Å². The van der Waals surface area contributed by atoms with E-state index in [2.05, 4.69) is 5.32 Å². The maximum atomic E-state index is 13.0. The van der Waals surface area contributed by atoms with Gasteiger partial charge >= 0.3 is 12.4 Å². The van der Waals surface area contributed by atoms with Gasteiger partial charge in [-0.3, -0.25) is 4.79 Å². The molecule has 0 atom stereocenters. The van der Waals surface area contributed by atoms with Crippen molar-refractivity contribution in [1.29, 1.82) is 0 Å². The van der Waals surface area contributed by atoms with Crippen molar-refractivity contribution in [3.63, 3.8) is 0 Å². The molecule has 2 N–H and O–H groups in total. The van der Waals surface area contributed by atoms with Crippen LogP contribution >= 0.6 is 22.6 Å². The molecule has 1 amide bonds. The molecule has 2 aromatic carbocycles. The van der Waals surface area contributed by atoms with E-state index in [1.165, 1.54) is 6.07 Å². The molecule has 152 valence electrons. The minimum absolute atomic E-state index is 0.164. The molecule has 28 heavy (non-hydrogen) atoms. The second-order valence-corrected chi connectivity index (χ2v) is 6.72. The lowest BCUT2D eigenvalue weighted by atomic mass is 9.91. The Labute approximate surface area is 168 Å². The SMILES string of the molecule is COc1cc(C(O)(C(F)(F)F)C(F)(F)F)ccc1NC(=O)c1ccccc1I. The predicted octanol–water partition coefficient (Wildman–Crippen LogP) is 4.86. The van der Waals surface area contributed by atoms with E-state index in [-0.39, 0.29) is 11.3 Å². The summed E-state index contributed by atoms with van der Waals surface area (Å²) in [5.41, 5.74) is -6.50. The number of halogens is 7. The largest absolute Gasteiger partial charge is 0.495 e. The lowest BCUT2D eigenvalue weighted by molar-refractivity contribution is -0.376. The van der Waals surface area contributed by atoms with Crippen LogP contribution in [0.15, 0.2) is 42.5 Å². The predicted molar refractivity (Wildman–Crippen MR) is 96.1 cm³/mol. The molecule has 0 fully saturated rings. The first-order chi connectivity index (χ1) is 12.8. The summed E-state index contributed by atoms with van der Waals surface area (Å²) >= 11 is 1.89. The van der Waals surface area contributed by atoms with Gasteiger partial charge in [0.05, 0.1) is 18.4 Å². The molecule has 0 saturated heterocycles. The van der Waals surface area contributed by atoms with E-state index in [1.54, 1.807) is 18.2 Å². The van der Waals surface area contributed by atoms with Crippen molar-refractivity contribution >= 4 is 34.2 Å². The first-order valence-electron chi connectivity index (χ1n) is 7.43. The van der Waals surface area contributed by atoms with E-state index in [0.29, 0.717) is 15.7 Å². The van der Waals surface area contributed by atoms with Gasteiger partial charge in [-0.25, -0.2) is 0 Å². The van der Waals surface area contributed by atoms with Gasteiger partial charge in [0, 0.05) is 9.13 Å². The number of hydrogen-bond acceptors (Lipinski definition) is 3. The summed E-state index contributed by atoms with van der Waals surface area (Å²) in [5.74, 6) is -1.12. The normalized spacial score (nSPS) is 12.6. The van der Waals surface area contributed by atoms with Crippen molar-refractivity contribution in [2.75, 3.05) is 12.4 Å². The maximum absolute atomic E-state index is 13.0. The third-order valence-electron chi connectivity index (χ3n) is 3.81. The van der Waals surface area contributed by atoms with Crippen molar-refractivity contribution in [2.45, 2.75) is 18.0 Å². The van der Waals surface area contributed by atoms with Crippen molar-refractivity contribution in [2.24, 2.45) is 0 Å². The Bertz CT molecular complexity index is 868. The molecule has 0 heterocycles. The van der Waals surface area contributed by atoms with E-state index in [1.807, 2.05) is 22.6 Å². The summed E-state index contributed by atoms with van der Waals surface area (Å²) in [7, 11) is 1.00. The third kappa shape index (κ3) is 4.04. The zero-order valence-corrected chi connectivity index (χ0v) is 16.1. The fourth-order valence-electron chi connectivity index (χ4n) is 2.34. The van der Waals surface area contributed by atoms with Gasteiger partial charge in [-0.1, -0.05) is 18.2 Å². The minimum Gasteiger partial charge on any atom is -0.495 e. The number of ether oxygens (including phenoxy) is 1. The highest BCUT2D eigenvalue weighted by atomic mass is 127. The van der Waals surface area contributed by atoms with E-state index >= 15 is 0 Å². The van der Waals surface area contributed by atoms with Gasteiger partial charge in [-0.2, -0.15) is 26.3 Å². The standard InChI is InChI=1S/C17H12F6INO3/c1-28-13-8-9(15(27,16(18,19)20)17(21,22)23)6-7-12(13)25-14(26)10-4-2-3-5-11(10)24/h2-8,27H,1H3,(H,25,26). The Hall–Kier alpha value is -2.02. The number of aliphatic hydroxyl groups is 1. The molecule has 0 aliphatic heterocycles. The smallest absolute Gasteiger partial charge is 0.430 e. The molecule has 11 heteroatoms. The molecule has 0 saturated carbocycles. The lowest BCUT2D eigenvalue weighted by Crippen LogP contribution is -2.53. The van der Waals surface area contributed by atoms with Crippen LogP contribution in [-0.2, 0) is 5.60 Å². The van der Waals surface area contributed by atoms with Gasteiger partial charge in [0.15, 0.2) is 0 Å². The highest BCUT2D eigenvalue weighted by Gasteiger charge is 2.71. The Kier molecular flexibility index (Phi) is 6.19.